The van der Waals surface area contributed by atoms with Crippen molar-refractivity contribution >= 4 is 57.0 Å². The van der Waals surface area contributed by atoms with Crippen molar-refractivity contribution < 1.29 is 39.5 Å². The second kappa shape index (κ2) is 24.2. The lowest BCUT2D eigenvalue weighted by atomic mass is 9.85. The summed E-state index contributed by atoms with van der Waals surface area (Å²) in [6.45, 7) is 15.3. The summed E-state index contributed by atoms with van der Waals surface area (Å²) in [6.07, 6.45) is 15.1. The van der Waals surface area contributed by atoms with Gasteiger partial charge in [0.1, 0.15) is 40.6 Å². The average Bonchev–Trinajstić information content (AvgIpc) is 4.21. The first-order chi connectivity index (χ1) is 38.5. The average molecular weight is 1090 g/mol. The molecule has 3 amide bonds. The molecule has 5 atom stereocenters. The topological polar surface area (TPSA) is 241 Å². The van der Waals surface area contributed by atoms with Crippen LogP contribution in [-0.4, -0.2) is 170 Å². The van der Waals surface area contributed by atoms with Gasteiger partial charge in [0, 0.05) is 119 Å². The van der Waals surface area contributed by atoms with Crippen LogP contribution in [0.25, 0.3) is 38.5 Å². The Balaban J connectivity index is 0.675. The molecule has 0 radical (unpaired) electrons. The smallest absolute Gasteiger partial charge is 0.319 e. The molecular weight excluding hydrogens is 1010 g/mol. The number of pyridine rings is 1. The number of carbonyl (C=O) groups is 3. The lowest BCUT2D eigenvalue weighted by molar-refractivity contribution is -0.144. The number of hydrogen-bond donors (Lipinski definition) is 7. The van der Waals surface area contributed by atoms with E-state index in [4.69, 9.17) is 26.1 Å². The molecule has 2 aromatic heterocycles. The molecule has 422 valence electrons. The van der Waals surface area contributed by atoms with Gasteiger partial charge in [-0.2, -0.15) is 9.97 Å². The summed E-state index contributed by atoms with van der Waals surface area (Å²) in [5, 5.41) is 55.3. The number of aliphatic hydroxyl groups is 1. The maximum Gasteiger partial charge on any atom is 0.319 e. The van der Waals surface area contributed by atoms with Gasteiger partial charge in [-0.3, -0.25) is 24.4 Å². The summed E-state index contributed by atoms with van der Waals surface area (Å²) in [6, 6.07) is 13.2. The number of amides is 3. The number of rotatable bonds is 19. The summed E-state index contributed by atoms with van der Waals surface area (Å²) < 4.78 is 6.28. The van der Waals surface area contributed by atoms with Crippen LogP contribution in [0.1, 0.15) is 102 Å². The van der Waals surface area contributed by atoms with Gasteiger partial charge in [0.15, 0.2) is 5.75 Å². The molecule has 4 fully saturated rings. The maximum atomic E-state index is 14.2. The normalized spacial score (nSPS) is 20.9. The monoisotopic (exact) mass is 1090 g/mol. The molecule has 5 aromatic rings. The van der Waals surface area contributed by atoms with Crippen molar-refractivity contribution in [1.29, 1.82) is 0 Å². The molecule has 7 N–H and O–H groups in total. The number of phenols is 2. The highest BCUT2D eigenvalue weighted by molar-refractivity contribution is 6.06. The number of anilines is 1. The van der Waals surface area contributed by atoms with E-state index < -0.39 is 23.6 Å². The first-order valence-electron chi connectivity index (χ1n) is 28.3. The number of β-amino-alcohol motifs (C(OH)–C–C–N with tert-alkyl or cyclic N) is 1. The number of allylic oxidation sites excluding steroid dienone is 2. The molecule has 3 aromatic carbocycles. The molecule has 0 spiro atoms. The van der Waals surface area contributed by atoms with Gasteiger partial charge in [-0.25, -0.2) is 0 Å². The van der Waals surface area contributed by atoms with Gasteiger partial charge in [-0.1, -0.05) is 63.4 Å². The Morgan fingerprint density at radius 3 is 2.33 bits per heavy atom. The third kappa shape index (κ3) is 12.5. The first-order valence-corrected chi connectivity index (χ1v) is 28.3. The number of ether oxygens (including phenoxy) is 1. The minimum atomic E-state index is -0.872. The summed E-state index contributed by atoms with van der Waals surface area (Å²) in [7, 11) is 0. The van der Waals surface area contributed by atoms with E-state index in [1.807, 2.05) is 58.2 Å². The Morgan fingerprint density at radius 2 is 1.64 bits per heavy atom. The Morgan fingerprint density at radius 1 is 0.912 bits per heavy atom. The van der Waals surface area contributed by atoms with E-state index in [0.29, 0.717) is 52.7 Å². The number of phenolic OH excluding ortho intramolecular Hbond substituents is 2. The first kappa shape index (κ1) is 55.9. The van der Waals surface area contributed by atoms with Gasteiger partial charge >= 0.3 is 6.01 Å². The molecule has 2 bridgehead atoms. The summed E-state index contributed by atoms with van der Waals surface area (Å²) >= 11 is 0. The lowest BCUT2D eigenvalue weighted by Crippen LogP contribution is -2.57. The zero-order chi connectivity index (χ0) is 56.2. The van der Waals surface area contributed by atoms with Gasteiger partial charge in [0.25, 0.3) is 0 Å². The second-order valence-corrected chi connectivity index (χ2v) is 23.2. The number of carbonyl (C=O) groups excluding carboxylic acids is 3. The van der Waals surface area contributed by atoms with E-state index in [2.05, 4.69) is 41.6 Å². The number of benzene rings is 3. The fraction of sp³-hybridized carbons (Fsp3) is 0.492. The molecule has 5 aliphatic heterocycles. The van der Waals surface area contributed by atoms with Crippen molar-refractivity contribution in [3.05, 3.63) is 77.1 Å². The number of aliphatic hydroxyl groups excluding tert-OH is 1. The second-order valence-electron chi connectivity index (χ2n) is 23.2. The number of nitrogens with zero attached hydrogens (tertiary/aromatic N) is 8. The van der Waals surface area contributed by atoms with Crippen LogP contribution in [0.4, 0.5) is 5.82 Å². The quantitative estimate of drug-likeness (QED) is 0.0380. The van der Waals surface area contributed by atoms with E-state index in [0.717, 1.165) is 108 Å². The van der Waals surface area contributed by atoms with Gasteiger partial charge in [0.05, 0.1) is 23.7 Å². The van der Waals surface area contributed by atoms with Crippen LogP contribution >= 0.6 is 0 Å². The zero-order valence-corrected chi connectivity index (χ0v) is 46.4. The fourth-order valence-corrected chi connectivity index (χ4v) is 12.1. The Bertz CT molecular complexity index is 3220. The number of fused-ring (bicyclic) bond motifs is 4. The number of likely N-dealkylation sites (tertiary alicyclic amines) is 1. The highest BCUT2D eigenvalue weighted by atomic mass is 16.5. The minimum Gasteiger partial charge on any atom is -0.508 e. The number of nitrogens with one attached hydrogen (secondary N) is 3. The van der Waals surface area contributed by atoms with Crippen molar-refractivity contribution in [1.82, 2.24) is 45.6 Å². The molecule has 7 heterocycles. The number of terminal acetylenes is 1. The van der Waals surface area contributed by atoms with E-state index >= 15 is 0 Å². The predicted molar refractivity (Wildman–Crippen MR) is 308 cm³/mol. The lowest BCUT2D eigenvalue weighted by Gasteiger charge is -2.35. The van der Waals surface area contributed by atoms with Crippen LogP contribution in [0.3, 0.4) is 0 Å². The largest absolute Gasteiger partial charge is 0.508 e. The van der Waals surface area contributed by atoms with Gasteiger partial charge in [-0.05, 0) is 91.3 Å². The van der Waals surface area contributed by atoms with Crippen molar-refractivity contribution in [2.75, 3.05) is 70.4 Å². The molecule has 4 saturated heterocycles. The molecule has 2 unspecified atom stereocenters. The van der Waals surface area contributed by atoms with E-state index in [1.165, 1.54) is 22.6 Å². The Labute approximate surface area is 467 Å². The van der Waals surface area contributed by atoms with Gasteiger partial charge < -0.3 is 60.7 Å². The molecule has 0 saturated carbocycles. The predicted octanol–water partition coefficient (Wildman–Crippen LogP) is 5.85. The van der Waals surface area contributed by atoms with Crippen LogP contribution in [0.2, 0.25) is 0 Å². The number of hydrogen-bond acceptors (Lipinski definition) is 16. The molecule has 19 nitrogen and oxygen atoms in total. The molecule has 5 aliphatic rings. The number of aliphatic imine (C=N–C) groups is 1. The summed E-state index contributed by atoms with van der Waals surface area (Å²) in [5.41, 5.74) is 4.55. The SMILES string of the molecule is C#Cc1c(O)ccc2cc(O)cc(-c3ncc4c(N5CC6CCC(C5)N6)nc(OCCCN5CCN(CCCCCC(=O)N[C@H](C(=O)N6C[C@H](O)C[C@H]6C(=O)NCc6ccc(C7=C(C)N=CC7)cc6)C(C)(C)C)CC5)nc4c3O)c12. The highest BCUT2D eigenvalue weighted by Gasteiger charge is 2.44. The highest BCUT2D eigenvalue weighted by Crippen LogP contribution is 2.44. The molecule has 80 heavy (non-hydrogen) atoms. The number of piperazine rings is 2. The van der Waals surface area contributed by atoms with E-state index in [1.54, 1.807) is 18.3 Å². The zero-order valence-electron chi connectivity index (χ0n) is 46.4. The number of unbranched alkanes of at least 4 members (excludes halogenated alkanes) is 2. The number of aromatic nitrogens is 3. The third-order valence-electron chi connectivity index (χ3n) is 16.4. The van der Waals surface area contributed by atoms with Crippen molar-refractivity contribution in [2.45, 2.75) is 122 Å². The Kier molecular flexibility index (Phi) is 16.9. The van der Waals surface area contributed by atoms with Crippen LogP contribution in [0.5, 0.6) is 23.3 Å². The maximum absolute atomic E-state index is 14.2. The molecule has 0 aliphatic carbocycles. The van der Waals surface area contributed by atoms with Crippen molar-refractivity contribution in [3.63, 3.8) is 0 Å². The number of aromatic hydroxyl groups is 3. The summed E-state index contributed by atoms with van der Waals surface area (Å²) in [4.78, 5) is 68.4. The minimum absolute atomic E-state index is 0.0216. The van der Waals surface area contributed by atoms with Crippen LogP contribution in [0.15, 0.2) is 65.4 Å². The van der Waals surface area contributed by atoms with Crippen molar-refractivity contribution in [3.8, 4) is 46.9 Å². The standard InChI is InChI=1S/C61H75N11O8/c1-6-45-50(75)19-16-40-29-43(73)30-47(52(40)45)53-55(77)54-48(33-63-53)57(71-34-41-17-18-42(35-71)65-41)68-60(67-54)80-28-10-23-70-26-24-69(25-27-70)22-9-7-8-11-51(76)66-56(61(3,4)5)59(79)72-36-44(74)31-49(72)58(78)64-32-38-12-14-39(15-13-38)46-20-21-62-37(46)2/h1,12-16,19,21,29-30,33,41-42,44,49,56,65,73-75,77H,7-11,17-18,20,22-28,31-32,34-36H2,2-5H3,(H,64,78)(H,66,76)/t41?,42?,44-,49+,56-/m1/s1. The van der Waals surface area contributed by atoms with E-state index in [9.17, 15) is 34.8 Å². The molecule has 19 heteroatoms. The fourth-order valence-electron chi connectivity index (χ4n) is 12.1. The summed E-state index contributed by atoms with van der Waals surface area (Å²) in [5.74, 6) is 1.91. The van der Waals surface area contributed by atoms with E-state index in [-0.39, 0.29) is 83.7 Å². The molecular formula is C61H75N11O8. The third-order valence-corrected chi connectivity index (χ3v) is 16.4. The van der Waals surface area contributed by atoms with Crippen molar-refractivity contribution in [2.24, 2.45) is 10.4 Å². The van der Waals surface area contributed by atoms with Crippen LogP contribution < -0.4 is 25.6 Å². The van der Waals surface area contributed by atoms with Crippen LogP contribution in [0, 0.1) is 17.8 Å². The van der Waals surface area contributed by atoms with Crippen LogP contribution in [-0.2, 0) is 20.9 Å². The Hall–Kier alpha value is -7.37. The van der Waals surface area contributed by atoms with Gasteiger partial charge in [0.2, 0.25) is 17.7 Å². The molecule has 10 rings (SSSR count). The van der Waals surface area contributed by atoms with Gasteiger partial charge in [-0.15, -0.1) is 6.42 Å².